The van der Waals surface area contributed by atoms with E-state index in [0.717, 1.165) is 16.7 Å². The summed E-state index contributed by atoms with van der Waals surface area (Å²) in [6.07, 6.45) is 1.55. The second kappa shape index (κ2) is 8.35. The molecule has 5 aromatic rings. The van der Waals surface area contributed by atoms with E-state index in [1.807, 2.05) is 61.5 Å². The van der Waals surface area contributed by atoms with E-state index < -0.39 is 17.1 Å². The summed E-state index contributed by atoms with van der Waals surface area (Å²) >= 11 is 0. The van der Waals surface area contributed by atoms with Gasteiger partial charge in [0.1, 0.15) is 5.82 Å². The summed E-state index contributed by atoms with van der Waals surface area (Å²) in [6, 6.07) is 23.0. The van der Waals surface area contributed by atoms with Crippen molar-refractivity contribution in [1.29, 1.82) is 0 Å². The van der Waals surface area contributed by atoms with E-state index in [2.05, 4.69) is 4.98 Å². The Bertz CT molecular complexity index is 1560. The van der Waals surface area contributed by atoms with E-state index in [1.54, 1.807) is 17.0 Å². The van der Waals surface area contributed by atoms with E-state index in [1.165, 1.54) is 27.3 Å². The summed E-state index contributed by atoms with van der Waals surface area (Å²) in [5.41, 5.74) is 2.75. The van der Waals surface area contributed by atoms with Crippen LogP contribution < -0.4 is 11.2 Å². The monoisotopic (exact) mass is 440 g/mol. The summed E-state index contributed by atoms with van der Waals surface area (Å²) in [5.74, 6) is -0.479. The van der Waals surface area contributed by atoms with E-state index in [4.69, 9.17) is 0 Å². The lowest BCUT2D eigenvalue weighted by Crippen LogP contribution is -2.40. The van der Waals surface area contributed by atoms with Gasteiger partial charge < -0.3 is 4.57 Å². The van der Waals surface area contributed by atoms with Gasteiger partial charge in [-0.05, 0) is 36.2 Å². The zero-order valence-corrected chi connectivity index (χ0v) is 18.0. The molecule has 3 aromatic carbocycles. The number of hydrogen-bond donors (Lipinski definition) is 0. The van der Waals surface area contributed by atoms with E-state index in [-0.39, 0.29) is 17.7 Å². The van der Waals surface area contributed by atoms with Gasteiger partial charge in [0.15, 0.2) is 11.2 Å². The molecule has 0 radical (unpaired) electrons. The van der Waals surface area contributed by atoms with Gasteiger partial charge in [-0.2, -0.15) is 0 Å². The molecular formula is C26H21FN4O2. The molecule has 0 saturated carbocycles. The molecule has 0 saturated heterocycles. The second-order valence-corrected chi connectivity index (χ2v) is 8.01. The van der Waals surface area contributed by atoms with Crippen molar-refractivity contribution in [2.45, 2.75) is 20.0 Å². The van der Waals surface area contributed by atoms with E-state index >= 15 is 0 Å². The molecule has 0 aliphatic rings. The van der Waals surface area contributed by atoms with Crippen molar-refractivity contribution in [2.75, 3.05) is 0 Å². The first-order valence-electron chi connectivity index (χ1n) is 10.6. The van der Waals surface area contributed by atoms with Crippen LogP contribution in [-0.2, 0) is 13.1 Å². The molecule has 0 aliphatic heterocycles. The van der Waals surface area contributed by atoms with Crippen molar-refractivity contribution in [3.05, 3.63) is 129 Å². The Balaban J connectivity index is 1.76. The van der Waals surface area contributed by atoms with Crippen LogP contribution in [0.15, 0.2) is 94.8 Å². The first kappa shape index (κ1) is 20.6. The molecule has 0 bridgehead atoms. The Morgan fingerprint density at radius 3 is 2.30 bits per heavy atom. The van der Waals surface area contributed by atoms with Gasteiger partial charge in [-0.1, -0.05) is 66.2 Å². The third-order valence-corrected chi connectivity index (χ3v) is 5.62. The molecule has 5 rings (SSSR count). The van der Waals surface area contributed by atoms with Crippen LogP contribution in [0.3, 0.4) is 0 Å². The normalized spacial score (nSPS) is 11.2. The van der Waals surface area contributed by atoms with Crippen LogP contribution in [-0.4, -0.2) is 18.7 Å². The highest BCUT2D eigenvalue weighted by molar-refractivity contribution is 5.72. The Labute approximate surface area is 188 Å². The van der Waals surface area contributed by atoms with Crippen LogP contribution in [0.4, 0.5) is 4.39 Å². The quantitative estimate of drug-likeness (QED) is 0.417. The van der Waals surface area contributed by atoms with Gasteiger partial charge >= 0.3 is 5.69 Å². The van der Waals surface area contributed by atoms with Crippen LogP contribution in [0.5, 0.6) is 0 Å². The van der Waals surface area contributed by atoms with Gasteiger partial charge in [0.05, 0.1) is 18.6 Å². The van der Waals surface area contributed by atoms with Gasteiger partial charge in [0, 0.05) is 6.54 Å². The molecule has 33 heavy (non-hydrogen) atoms. The van der Waals surface area contributed by atoms with Gasteiger partial charge in [0.2, 0.25) is 0 Å². The van der Waals surface area contributed by atoms with Crippen LogP contribution >= 0.6 is 0 Å². The molecule has 0 atom stereocenters. The molecule has 2 heterocycles. The molecule has 0 unspecified atom stereocenters. The summed E-state index contributed by atoms with van der Waals surface area (Å²) in [6.45, 7) is 2.52. The number of nitrogens with zero attached hydrogens (tertiary/aromatic N) is 4. The zero-order valence-electron chi connectivity index (χ0n) is 18.0. The number of fused-ring (bicyclic) bond motifs is 1. The molecule has 0 amide bonds. The fourth-order valence-electron chi connectivity index (χ4n) is 3.94. The van der Waals surface area contributed by atoms with Crippen LogP contribution in [0.25, 0.3) is 16.9 Å². The van der Waals surface area contributed by atoms with Gasteiger partial charge in [-0.3, -0.25) is 9.36 Å². The molecule has 6 nitrogen and oxygen atoms in total. The average Bonchev–Trinajstić information content (AvgIpc) is 3.22. The summed E-state index contributed by atoms with van der Waals surface area (Å²) < 4.78 is 18.2. The van der Waals surface area contributed by atoms with Crippen LogP contribution in [0, 0.1) is 12.7 Å². The Morgan fingerprint density at radius 2 is 1.58 bits per heavy atom. The average molecular weight is 440 g/mol. The third-order valence-electron chi connectivity index (χ3n) is 5.62. The number of hydrogen-bond acceptors (Lipinski definition) is 3. The topological polar surface area (TPSA) is 61.8 Å². The Kier molecular flexibility index (Phi) is 5.22. The molecule has 0 fully saturated rings. The number of rotatable bonds is 5. The summed E-state index contributed by atoms with van der Waals surface area (Å²) in [7, 11) is 0. The lowest BCUT2D eigenvalue weighted by molar-refractivity contribution is 0.624. The van der Waals surface area contributed by atoms with Crippen molar-refractivity contribution >= 4 is 11.2 Å². The number of halogens is 1. The first-order chi connectivity index (χ1) is 16.0. The zero-order chi connectivity index (χ0) is 22.9. The Morgan fingerprint density at radius 1 is 0.848 bits per heavy atom. The minimum absolute atomic E-state index is 0.0967. The predicted molar refractivity (Wildman–Crippen MR) is 125 cm³/mol. The van der Waals surface area contributed by atoms with Crippen molar-refractivity contribution < 1.29 is 4.39 Å². The maximum atomic E-state index is 14.0. The van der Waals surface area contributed by atoms with Gasteiger partial charge in [-0.25, -0.2) is 18.7 Å². The molecule has 0 N–H and O–H groups in total. The number of aromatic nitrogens is 4. The lowest BCUT2D eigenvalue weighted by atomic mass is 10.1. The minimum Gasteiger partial charge on any atom is -0.320 e. The Hall–Kier alpha value is -4.26. The largest absolute Gasteiger partial charge is 0.337 e. The van der Waals surface area contributed by atoms with Crippen molar-refractivity contribution in [3.8, 4) is 5.69 Å². The molecule has 7 heteroatoms. The SMILES string of the molecule is Cc1ccc(Cn2cnc3c2c(=O)n(Cc2ccccc2)c(=O)n3-c2cccc(F)c2)cc1. The number of aryl methyl sites for hydroxylation is 1. The van der Waals surface area contributed by atoms with E-state index in [0.29, 0.717) is 12.2 Å². The van der Waals surface area contributed by atoms with Crippen LogP contribution in [0.2, 0.25) is 0 Å². The number of benzene rings is 3. The van der Waals surface area contributed by atoms with Gasteiger partial charge in [-0.15, -0.1) is 0 Å². The number of imidazole rings is 1. The highest BCUT2D eigenvalue weighted by Gasteiger charge is 2.20. The summed E-state index contributed by atoms with van der Waals surface area (Å²) in [4.78, 5) is 31.4. The third kappa shape index (κ3) is 3.89. The molecule has 164 valence electrons. The minimum atomic E-state index is -0.567. The highest BCUT2D eigenvalue weighted by atomic mass is 19.1. The second-order valence-electron chi connectivity index (χ2n) is 8.01. The van der Waals surface area contributed by atoms with Gasteiger partial charge in [0.25, 0.3) is 5.56 Å². The molecule has 2 aromatic heterocycles. The molecule has 0 spiro atoms. The predicted octanol–water partition coefficient (Wildman–Crippen LogP) is 3.89. The lowest BCUT2D eigenvalue weighted by Gasteiger charge is -2.13. The van der Waals surface area contributed by atoms with Crippen LogP contribution in [0.1, 0.15) is 16.7 Å². The van der Waals surface area contributed by atoms with Crippen molar-refractivity contribution in [2.24, 2.45) is 0 Å². The molecular weight excluding hydrogens is 419 g/mol. The molecule has 0 aliphatic carbocycles. The fraction of sp³-hybridized carbons (Fsp3) is 0.115. The standard InChI is InChI=1S/C26H21FN4O2/c1-18-10-12-20(13-11-18)15-29-17-28-24-23(29)25(32)30(16-19-6-3-2-4-7-19)26(33)31(24)22-9-5-8-21(27)14-22/h2-14,17H,15-16H2,1H3. The fourth-order valence-corrected chi connectivity index (χ4v) is 3.94. The summed E-state index contributed by atoms with van der Waals surface area (Å²) in [5, 5.41) is 0. The maximum Gasteiger partial charge on any atom is 0.337 e. The first-order valence-corrected chi connectivity index (χ1v) is 10.6. The van der Waals surface area contributed by atoms with Crippen molar-refractivity contribution in [1.82, 2.24) is 18.7 Å². The highest BCUT2D eigenvalue weighted by Crippen LogP contribution is 2.16. The van der Waals surface area contributed by atoms with E-state index in [9.17, 15) is 14.0 Å². The smallest absolute Gasteiger partial charge is 0.320 e. The maximum absolute atomic E-state index is 14.0. The van der Waals surface area contributed by atoms with Crippen molar-refractivity contribution in [3.63, 3.8) is 0 Å².